The Morgan fingerprint density at radius 1 is 1.14 bits per heavy atom. The van der Waals surface area contributed by atoms with E-state index in [1.807, 2.05) is 0 Å². The lowest BCUT2D eigenvalue weighted by Gasteiger charge is -2.57. The molecule has 0 aliphatic heterocycles. The van der Waals surface area contributed by atoms with Crippen LogP contribution in [-0.4, -0.2) is 14.4 Å². The Labute approximate surface area is 175 Å². The molecule has 2 saturated carbocycles. The van der Waals surface area contributed by atoms with Crippen LogP contribution in [0, 0.1) is 34.5 Å². The first-order valence-electron chi connectivity index (χ1n) is 12.2. The standard InChI is InChI=1S/C26H44OSi/c1-7-19(2)18-28(5,6)27-24-14-13-22-21-12-11-20-10-8-9-16-25(20,3)23(21)15-17-26(22,24)4/h8,10-11,19,21-24H,7,9,12-18H2,1-6H3/t19?,21-,22-,23+,24?,25-,26-/m0/s1. The summed E-state index contributed by atoms with van der Waals surface area (Å²) in [6.07, 6.45) is 18.8. The molecule has 0 aromatic rings. The monoisotopic (exact) mass is 400 g/mol. The quantitative estimate of drug-likeness (QED) is 0.429. The molecule has 0 N–H and O–H groups in total. The van der Waals surface area contributed by atoms with E-state index >= 15 is 0 Å². The van der Waals surface area contributed by atoms with Gasteiger partial charge >= 0.3 is 0 Å². The van der Waals surface area contributed by atoms with Gasteiger partial charge in [-0.05, 0) is 104 Å². The zero-order chi connectivity index (χ0) is 20.2. The van der Waals surface area contributed by atoms with Crippen molar-refractivity contribution in [3.63, 3.8) is 0 Å². The van der Waals surface area contributed by atoms with E-state index in [1.54, 1.807) is 5.57 Å². The summed E-state index contributed by atoms with van der Waals surface area (Å²) in [7, 11) is -1.58. The molecular formula is C26H44OSi. The number of rotatable bonds is 5. The van der Waals surface area contributed by atoms with E-state index in [1.165, 1.54) is 57.4 Å². The summed E-state index contributed by atoms with van der Waals surface area (Å²) in [5.74, 6) is 3.49. The van der Waals surface area contributed by atoms with Crippen molar-refractivity contribution in [2.24, 2.45) is 34.5 Å². The minimum absolute atomic E-state index is 0.424. The predicted octanol–water partition coefficient (Wildman–Crippen LogP) is 7.75. The van der Waals surface area contributed by atoms with Crippen molar-refractivity contribution in [3.05, 3.63) is 23.8 Å². The maximum Gasteiger partial charge on any atom is 0.187 e. The van der Waals surface area contributed by atoms with Crippen LogP contribution >= 0.6 is 0 Å². The van der Waals surface area contributed by atoms with Gasteiger partial charge in [-0.2, -0.15) is 0 Å². The number of hydrogen-bond acceptors (Lipinski definition) is 1. The van der Waals surface area contributed by atoms with Gasteiger partial charge in [-0.3, -0.25) is 0 Å². The van der Waals surface area contributed by atoms with Gasteiger partial charge in [0.05, 0.1) is 6.10 Å². The van der Waals surface area contributed by atoms with Gasteiger partial charge in [0.25, 0.3) is 0 Å². The average Bonchev–Trinajstić information content (AvgIpc) is 2.96. The lowest BCUT2D eigenvalue weighted by atomic mass is 9.49. The van der Waals surface area contributed by atoms with Crippen molar-refractivity contribution >= 4 is 8.32 Å². The van der Waals surface area contributed by atoms with Crippen molar-refractivity contribution in [1.82, 2.24) is 0 Å². The van der Waals surface area contributed by atoms with E-state index in [0.29, 0.717) is 16.9 Å². The highest BCUT2D eigenvalue weighted by atomic mass is 28.4. The third-order valence-corrected chi connectivity index (χ3v) is 12.2. The summed E-state index contributed by atoms with van der Waals surface area (Å²) in [6.45, 7) is 14.9. The molecule has 0 bridgehead atoms. The van der Waals surface area contributed by atoms with E-state index in [-0.39, 0.29) is 0 Å². The molecule has 0 aromatic carbocycles. The maximum absolute atomic E-state index is 7.07. The van der Waals surface area contributed by atoms with E-state index in [9.17, 15) is 0 Å². The van der Waals surface area contributed by atoms with Crippen molar-refractivity contribution in [2.45, 2.75) is 104 Å². The highest BCUT2D eigenvalue weighted by Crippen LogP contribution is 2.64. The third-order valence-electron chi connectivity index (χ3n) is 9.56. The first kappa shape index (κ1) is 20.9. The van der Waals surface area contributed by atoms with Crippen LogP contribution in [0.1, 0.15) is 79.1 Å². The summed E-state index contributed by atoms with van der Waals surface area (Å²) in [5, 5.41) is 0. The average molecular weight is 401 g/mol. The molecule has 28 heavy (non-hydrogen) atoms. The molecule has 4 aliphatic rings. The summed E-state index contributed by atoms with van der Waals surface area (Å²) in [6, 6.07) is 1.32. The van der Waals surface area contributed by atoms with Crippen molar-refractivity contribution in [1.29, 1.82) is 0 Å². The second-order valence-electron chi connectivity index (χ2n) is 11.8. The van der Waals surface area contributed by atoms with Crippen LogP contribution in [-0.2, 0) is 4.43 Å². The zero-order valence-corrected chi connectivity index (χ0v) is 20.4. The Balaban J connectivity index is 1.53. The molecule has 2 heteroatoms. The topological polar surface area (TPSA) is 9.23 Å². The lowest BCUT2D eigenvalue weighted by Crippen LogP contribution is -2.51. The van der Waals surface area contributed by atoms with Crippen LogP contribution in [0.15, 0.2) is 23.8 Å². The van der Waals surface area contributed by atoms with E-state index in [4.69, 9.17) is 4.43 Å². The molecule has 0 heterocycles. The Bertz CT molecular complexity index is 649. The predicted molar refractivity (Wildman–Crippen MR) is 123 cm³/mol. The summed E-state index contributed by atoms with van der Waals surface area (Å²) >= 11 is 0. The van der Waals surface area contributed by atoms with Crippen LogP contribution in [0.4, 0.5) is 0 Å². The Morgan fingerprint density at radius 2 is 1.93 bits per heavy atom. The van der Waals surface area contributed by atoms with Gasteiger partial charge in [0.2, 0.25) is 0 Å². The van der Waals surface area contributed by atoms with E-state index in [2.05, 4.69) is 59.0 Å². The number of allylic oxidation sites excluding steroid dienone is 4. The van der Waals surface area contributed by atoms with Crippen LogP contribution in [0.2, 0.25) is 19.1 Å². The largest absolute Gasteiger partial charge is 0.414 e. The fourth-order valence-corrected chi connectivity index (χ4v) is 11.1. The van der Waals surface area contributed by atoms with Gasteiger partial charge in [-0.15, -0.1) is 0 Å². The molecular weight excluding hydrogens is 356 g/mol. The van der Waals surface area contributed by atoms with Crippen molar-refractivity contribution in [2.75, 3.05) is 0 Å². The molecule has 0 radical (unpaired) electrons. The molecule has 0 spiro atoms. The van der Waals surface area contributed by atoms with Crippen LogP contribution in [0.5, 0.6) is 0 Å². The van der Waals surface area contributed by atoms with Gasteiger partial charge in [-0.1, -0.05) is 52.3 Å². The van der Waals surface area contributed by atoms with Gasteiger partial charge in [0.1, 0.15) is 0 Å². The van der Waals surface area contributed by atoms with Gasteiger partial charge < -0.3 is 4.43 Å². The zero-order valence-electron chi connectivity index (χ0n) is 19.4. The Hall–Kier alpha value is -0.343. The second kappa shape index (κ2) is 7.41. The van der Waals surface area contributed by atoms with Gasteiger partial charge in [0.15, 0.2) is 8.32 Å². The smallest absolute Gasteiger partial charge is 0.187 e. The summed E-state index contributed by atoms with van der Waals surface area (Å²) in [5.41, 5.74) is 2.53. The molecule has 0 amide bonds. The van der Waals surface area contributed by atoms with E-state index in [0.717, 1.165) is 23.7 Å². The van der Waals surface area contributed by atoms with Crippen LogP contribution in [0.25, 0.3) is 0 Å². The molecule has 158 valence electrons. The molecule has 0 aromatic heterocycles. The third kappa shape index (κ3) is 3.41. The van der Waals surface area contributed by atoms with Crippen LogP contribution < -0.4 is 0 Å². The molecule has 7 atom stereocenters. The highest BCUT2D eigenvalue weighted by Gasteiger charge is 2.58. The van der Waals surface area contributed by atoms with E-state index < -0.39 is 8.32 Å². The SMILES string of the molecule is CCC(C)C[Si](C)(C)OC1CC[C@H]2[C@@H]3CC=C4C=CCC[C@]4(C)[C@@H]3CC[C@]12C. The van der Waals surface area contributed by atoms with Crippen molar-refractivity contribution < 1.29 is 4.43 Å². The number of fused-ring (bicyclic) bond motifs is 5. The molecule has 4 rings (SSSR count). The fourth-order valence-electron chi connectivity index (χ4n) is 7.86. The lowest BCUT2D eigenvalue weighted by molar-refractivity contribution is -0.0576. The maximum atomic E-state index is 7.07. The molecule has 4 aliphatic carbocycles. The normalized spacial score (nSPS) is 43.7. The number of hydrogen-bond donors (Lipinski definition) is 0. The first-order valence-corrected chi connectivity index (χ1v) is 15.4. The first-order chi connectivity index (χ1) is 13.2. The molecule has 2 fully saturated rings. The molecule has 1 nitrogen and oxygen atoms in total. The van der Waals surface area contributed by atoms with Crippen LogP contribution in [0.3, 0.4) is 0 Å². The molecule has 0 saturated heterocycles. The minimum atomic E-state index is -1.58. The Kier molecular flexibility index (Phi) is 5.54. The van der Waals surface area contributed by atoms with Gasteiger partial charge in [0, 0.05) is 0 Å². The summed E-state index contributed by atoms with van der Waals surface area (Å²) < 4.78 is 7.07. The minimum Gasteiger partial charge on any atom is -0.414 e. The Morgan fingerprint density at radius 3 is 2.68 bits per heavy atom. The molecule has 2 unspecified atom stereocenters. The summed E-state index contributed by atoms with van der Waals surface area (Å²) in [4.78, 5) is 0. The van der Waals surface area contributed by atoms with Crippen molar-refractivity contribution in [3.8, 4) is 0 Å². The second-order valence-corrected chi connectivity index (χ2v) is 16.0. The van der Waals surface area contributed by atoms with Gasteiger partial charge in [-0.25, -0.2) is 0 Å². The fraction of sp³-hybridized carbons (Fsp3) is 0.846. The highest BCUT2D eigenvalue weighted by molar-refractivity contribution is 6.71.